The number of aromatic amines is 1. The number of aromatic carboxylic acids is 1. The van der Waals surface area contributed by atoms with E-state index in [9.17, 15) is 9.59 Å². The van der Waals surface area contributed by atoms with Crippen molar-refractivity contribution in [3.63, 3.8) is 0 Å². The minimum Gasteiger partial charge on any atom is -0.477 e. The lowest BCUT2D eigenvalue weighted by Crippen LogP contribution is -2.14. The third-order valence-electron chi connectivity index (χ3n) is 3.18. The molecule has 0 saturated carbocycles. The average molecular weight is 272 g/mol. The van der Waals surface area contributed by atoms with Crippen LogP contribution < -0.4 is 5.32 Å². The van der Waals surface area contributed by atoms with Crippen molar-refractivity contribution in [3.05, 3.63) is 52.3 Å². The molecule has 20 heavy (non-hydrogen) atoms. The van der Waals surface area contributed by atoms with Crippen molar-refractivity contribution in [2.75, 3.05) is 5.32 Å². The second-order valence-electron chi connectivity index (χ2n) is 4.80. The van der Waals surface area contributed by atoms with Gasteiger partial charge in [-0.25, -0.2) is 4.79 Å². The molecule has 0 unspecified atom stereocenters. The Morgan fingerprint density at radius 1 is 1.10 bits per heavy atom. The van der Waals surface area contributed by atoms with Crippen molar-refractivity contribution in [2.45, 2.75) is 20.8 Å². The Morgan fingerprint density at radius 3 is 2.40 bits per heavy atom. The van der Waals surface area contributed by atoms with Gasteiger partial charge in [-0.1, -0.05) is 6.07 Å². The fraction of sp³-hybridized carbons (Fsp3) is 0.200. The Balaban J connectivity index is 2.27. The number of H-pyrrole nitrogens is 1. The molecule has 1 amide bonds. The topological polar surface area (TPSA) is 82.2 Å². The van der Waals surface area contributed by atoms with Crippen LogP contribution in [0.15, 0.2) is 24.3 Å². The predicted octanol–water partition coefficient (Wildman–Crippen LogP) is 2.89. The monoisotopic (exact) mass is 272 g/mol. The van der Waals surface area contributed by atoms with Crippen LogP contribution in [0, 0.1) is 20.8 Å². The van der Waals surface area contributed by atoms with E-state index in [2.05, 4.69) is 10.3 Å². The van der Waals surface area contributed by atoms with Gasteiger partial charge in [-0.05, 0) is 50.1 Å². The zero-order valence-electron chi connectivity index (χ0n) is 11.6. The smallest absolute Gasteiger partial charge is 0.354 e. The van der Waals surface area contributed by atoms with Crippen LogP contribution in [0.1, 0.15) is 37.7 Å². The predicted molar refractivity (Wildman–Crippen MR) is 76.4 cm³/mol. The summed E-state index contributed by atoms with van der Waals surface area (Å²) in [6.45, 7) is 5.63. The molecule has 104 valence electrons. The maximum absolute atomic E-state index is 12.1. The highest BCUT2D eigenvalue weighted by molar-refractivity contribution is 6.07. The number of hydrogen-bond acceptors (Lipinski definition) is 2. The molecule has 1 aromatic heterocycles. The number of rotatable bonds is 3. The van der Waals surface area contributed by atoms with Crippen LogP contribution in [0.3, 0.4) is 0 Å². The summed E-state index contributed by atoms with van der Waals surface area (Å²) in [5, 5.41) is 11.7. The first kappa shape index (κ1) is 13.9. The second kappa shape index (κ2) is 5.21. The van der Waals surface area contributed by atoms with Gasteiger partial charge in [0.1, 0.15) is 5.69 Å². The lowest BCUT2D eigenvalue weighted by molar-refractivity contribution is 0.0692. The molecule has 0 aliphatic rings. The molecular formula is C15H16N2O3. The van der Waals surface area contributed by atoms with E-state index in [1.165, 1.54) is 0 Å². The minimum atomic E-state index is -1.10. The van der Waals surface area contributed by atoms with Gasteiger partial charge >= 0.3 is 5.97 Å². The van der Waals surface area contributed by atoms with E-state index in [1.54, 1.807) is 25.1 Å². The van der Waals surface area contributed by atoms with E-state index in [-0.39, 0.29) is 17.3 Å². The Hall–Kier alpha value is -2.56. The maximum atomic E-state index is 12.1. The fourth-order valence-corrected chi connectivity index (χ4v) is 1.93. The third-order valence-corrected chi connectivity index (χ3v) is 3.18. The van der Waals surface area contributed by atoms with E-state index in [4.69, 9.17) is 5.11 Å². The summed E-state index contributed by atoms with van der Waals surface area (Å²) in [7, 11) is 0. The number of carbonyl (C=O) groups excluding carboxylic acids is 1. The quantitative estimate of drug-likeness (QED) is 0.803. The van der Waals surface area contributed by atoms with Gasteiger partial charge in [0, 0.05) is 11.3 Å². The Morgan fingerprint density at radius 2 is 1.80 bits per heavy atom. The number of anilines is 1. The number of carboxylic acid groups (broad SMARTS) is 1. The van der Waals surface area contributed by atoms with Crippen LogP contribution >= 0.6 is 0 Å². The van der Waals surface area contributed by atoms with Crippen LogP contribution in [0.5, 0.6) is 0 Å². The van der Waals surface area contributed by atoms with E-state index in [0.717, 1.165) is 11.1 Å². The van der Waals surface area contributed by atoms with Gasteiger partial charge in [0.2, 0.25) is 0 Å². The Kier molecular flexibility index (Phi) is 3.61. The molecule has 1 aromatic carbocycles. The van der Waals surface area contributed by atoms with Crippen molar-refractivity contribution < 1.29 is 14.7 Å². The molecule has 0 atom stereocenters. The lowest BCUT2D eigenvalue weighted by atomic mass is 10.1. The molecule has 5 nitrogen and oxygen atoms in total. The molecule has 2 aromatic rings. The zero-order chi connectivity index (χ0) is 14.9. The summed E-state index contributed by atoms with van der Waals surface area (Å²) in [5.74, 6) is -1.43. The number of aromatic nitrogens is 1. The van der Waals surface area contributed by atoms with E-state index in [1.807, 2.05) is 19.9 Å². The molecule has 0 aliphatic heterocycles. The van der Waals surface area contributed by atoms with E-state index < -0.39 is 5.97 Å². The highest BCUT2D eigenvalue weighted by atomic mass is 16.4. The SMILES string of the molecule is Cc1cc(NC(=O)c2ccc(C)c(C)c2)c(C(=O)O)[nH]1. The molecular weight excluding hydrogens is 256 g/mol. The average Bonchev–Trinajstić information content (AvgIpc) is 2.73. The molecule has 5 heteroatoms. The number of carboxylic acids is 1. The highest BCUT2D eigenvalue weighted by Gasteiger charge is 2.16. The standard InChI is InChI=1S/C15H16N2O3/c1-8-4-5-11(6-9(8)2)14(18)17-12-7-10(3)16-13(12)15(19)20/h4-7,16H,1-3H3,(H,17,18)(H,19,20). The van der Waals surface area contributed by atoms with Crippen LogP contribution in [0.2, 0.25) is 0 Å². The first-order chi connectivity index (χ1) is 9.38. The van der Waals surface area contributed by atoms with Gasteiger partial charge in [0.25, 0.3) is 5.91 Å². The Bertz CT molecular complexity index is 686. The number of hydrogen-bond donors (Lipinski definition) is 3. The van der Waals surface area contributed by atoms with Crippen molar-refractivity contribution in [1.82, 2.24) is 4.98 Å². The van der Waals surface area contributed by atoms with Crippen molar-refractivity contribution >= 4 is 17.6 Å². The van der Waals surface area contributed by atoms with Gasteiger partial charge in [-0.3, -0.25) is 4.79 Å². The number of benzene rings is 1. The summed E-state index contributed by atoms with van der Waals surface area (Å²) in [6.07, 6.45) is 0. The summed E-state index contributed by atoms with van der Waals surface area (Å²) < 4.78 is 0. The van der Waals surface area contributed by atoms with Gasteiger partial charge in [-0.2, -0.15) is 0 Å². The Labute approximate surface area is 116 Å². The number of aryl methyl sites for hydroxylation is 3. The second-order valence-corrected chi connectivity index (χ2v) is 4.80. The fourth-order valence-electron chi connectivity index (χ4n) is 1.93. The van der Waals surface area contributed by atoms with E-state index >= 15 is 0 Å². The molecule has 0 bridgehead atoms. The summed E-state index contributed by atoms with van der Waals surface area (Å²) in [5.41, 5.74) is 3.56. The van der Waals surface area contributed by atoms with Crippen molar-refractivity contribution in [2.24, 2.45) is 0 Å². The molecule has 0 saturated heterocycles. The maximum Gasteiger partial charge on any atom is 0.354 e. The first-order valence-electron chi connectivity index (χ1n) is 6.20. The molecule has 3 N–H and O–H groups in total. The van der Waals surface area contributed by atoms with Crippen LogP contribution in [-0.2, 0) is 0 Å². The number of amides is 1. The molecule has 2 rings (SSSR count). The first-order valence-corrected chi connectivity index (χ1v) is 6.20. The van der Waals surface area contributed by atoms with Gasteiger partial charge < -0.3 is 15.4 Å². The lowest BCUT2D eigenvalue weighted by Gasteiger charge is -2.06. The van der Waals surface area contributed by atoms with E-state index in [0.29, 0.717) is 11.3 Å². The van der Waals surface area contributed by atoms with Crippen LogP contribution in [0.4, 0.5) is 5.69 Å². The van der Waals surface area contributed by atoms with Crippen molar-refractivity contribution in [1.29, 1.82) is 0 Å². The largest absolute Gasteiger partial charge is 0.477 e. The summed E-state index contributed by atoms with van der Waals surface area (Å²) in [6, 6.07) is 6.97. The molecule has 0 fully saturated rings. The summed E-state index contributed by atoms with van der Waals surface area (Å²) >= 11 is 0. The minimum absolute atomic E-state index is 0.0142. The molecule has 0 radical (unpaired) electrons. The zero-order valence-corrected chi connectivity index (χ0v) is 11.6. The molecule has 0 spiro atoms. The third kappa shape index (κ3) is 2.71. The van der Waals surface area contributed by atoms with Crippen LogP contribution in [0.25, 0.3) is 0 Å². The van der Waals surface area contributed by atoms with Crippen LogP contribution in [-0.4, -0.2) is 22.0 Å². The molecule has 1 heterocycles. The normalized spacial score (nSPS) is 10.3. The van der Waals surface area contributed by atoms with Gasteiger partial charge in [-0.15, -0.1) is 0 Å². The number of nitrogens with one attached hydrogen (secondary N) is 2. The van der Waals surface area contributed by atoms with Crippen molar-refractivity contribution in [3.8, 4) is 0 Å². The summed E-state index contributed by atoms with van der Waals surface area (Å²) in [4.78, 5) is 25.9. The molecule has 0 aliphatic carbocycles. The van der Waals surface area contributed by atoms with Gasteiger partial charge in [0.05, 0.1) is 5.69 Å². The van der Waals surface area contributed by atoms with Gasteiger partial charge in [0.15, 0.2) is 0 Å². The number of carbonyl (C=O) groups is 2. The highest BCUT2D eigenvalue weighted by Crippen LogP contribution is 2.18.